The summed E-state index contributed by atoms with van der Waals surface area (Å²) in [5, 5.41) is 0. The van der Waals surface area contributed by atoms with Crippen molar-refractivity contribution >= 4 is 5.78 Å². The first-order valence-electron chi connectivity index (χ1n) is 8.56. The van der Waals surface area contributed by atoms with Gasteiger partial charge >= 0.3 is 0 Å². The Bertz CT molecular complexity index is 716. The largest absolute Gasteiger partial charge is 0.493 e. The molecule has 0 aliphatic carbocycles. The van der Waals surface area contributed by atoms with Gasteiger partial charge in [0.15, 0.2) is 17.3 Å². The fourth-order valence-corrected chi connectivity index (χ4v) is 2.87. The Morgan fingerprint density at radius 3 is 2.08 bits per heavy atom. The molecule has 1 unspecified atom stereocenters. The van der Waals surface area contributed by atoms with Gasteiger partial charge in [-0.05, 0) is 37.5 Å². The molecule has 0 bridgehead atoms. The van der Waals surface area contributed by atoms with Crippen LogP contribution in [-0.2, 0) is 6.42 Å². The second kappa shape index (κ2) is 8.72. The molecule has 0 aromatic heterocycles. The van der Waals surface area contributed by atoms with Crippen LogP contribution in [0.25, 0.3) is 0 Å². The molecule has 5 nitrogen and oxygen atoms in total. The van der Waals surface area contributed by atoms with Crippen LogP contribution in [0.4, 0.5) is 0 Å². The highest BCUT2D eigenvalue weighted by Gasteiger charge is 2.25. The van der Waals surface area contributed by atoms with E-state index in [0.29, 0.717) is 29.2 Å². The highest BCUT2D eigenvalue weighted by atomic mass is 16.5. The molecule has 2 rings (SSSR count). The van der Waals surface area contributed by atoms with E-state index < -0.39 is 5.54 Å². The van der Waals surface area contributed by atoms with Gasteiger partial charge in [0.05, 0.1) is 21.3 Å². The number of nitrogens with two attached hydrogens (primary N) is 1. The molecule has 140 valence electrons. The number of carbonyl (C=O) groups is 1. The van der Waals surface area contributed by atoms with Gasteiger partial charge in [-0.1, -0.05) is 30.3 Å². The average Bonchev–Trinajstić information content (AvgIpc) is 2.65. The minimum Gasteiger partial charge on any atom is -0.493 e. The van der Waals surface area contributed by atoms with Gasteiger partial charge < -0.3 is 19.9 Å². The lowest BCUT2D eigenvalue weighted by Gasteiger charge is -2.24. The summed E-state index contributed by atoms with van der Waals surface area (Å²) in [5.41, 5.74) is 7.50. The van der Waals surface area contributed by atoms with Gasteiger partial charge in [0.1, 0.15) is 0 Å². The number of benzene rings is 2. The summed E-state index contributed by atoms with van der Waals surface area (Å²) >= 11 is 0. The van der Waals surface area contributed by atoms with E-state index in [-0.39, 0.29) is 12.2 Å². The zero-order valence-electron chi connectivity index (χ0n) is 15.9. The Morgan fingerprint density at radius 2 is 1.58 bits per heavy atom. The Morgan fingerprint density at radius 1 is 1.00 bits per heavy atom. The first kappa shape index (κ1) is 19.8. The smallest absolute Gasteiger partial charge is 0.203 e. The number of aryl methyl sites for hydroxylation is 1. The zero-order valence-corrected chi connectivity index (χ0v) is 15.9. The molecule has 0 heterocycles. The van der Waals surface area contributed by atoms with Crippen molar-refractivity contribution < 1.29 is 19.0 Å². The van der Waals surface area contributed by atoms with Crippen LogP contribution in [-0.4, -0.2) is 32.7 Å². The maximum atomic E-state index is 12.8. The number of hydrogen-bond acceptors (Lipinski definition) is 5. The number of carbonyl (C=O) groups excluding carboxylic acids is 1. The van der Waals surface area contributed by atoms with E-state index in [9.17, 15) is 4.79 Å². The SMILES string of the molecule is COc1cc(C(=O)CC(C)(N)CCc2ccccc2)cc(OC)c1OC. The molecule has 0 saturated carbocycles. The monoisotopic (exact) mass is 357 g/mol. The normalized spacial score (nSPS) is 13.0. The molecule has 0 fully saturated rings. The lowest BCUT2D eigenvalue weighted by Crippen LogP contribution is -2.39. The molecule has 0 radical (unpaired) electrons. The van der Waals surface area contributed by atoms with Gasteiger partial charge in [-0.25, -0.2) is 0 Å². The second-order valence-electron chi connectivity index (χ2n) is 6.65. The third-order valence-electron chi connectivity index (χ3n) is 4.38. The summed E-state index contributed by atoms with van der Waals surface area (Å²) in [6.45, 7) is 1.91. The molecular formula is C21H27NO4. The highest BCUT2D eigenvalue weighted by Crippen LogP contribution is 2.38. The summed E-state index contributed by atoms with van der Waals surface area (Å²) in [7, 11) is 4.58. The molecule has 2 N–H and O–H groups in total. The van der Waals surface area contributed by atoms with E-state index in [1.165, 1.54) is 26.9 Å². The molecule has 5 heteroatoms. The van der Waals surface area contributed by atoms with Gasteiger partial charge in [-0.2, -0.15) is 0 Å². The van der Waals surface area contributed by atoms with Gasteiger partial charge in [0.2, 0.25) is 5.75 Å². The van der Waals surface area contributed by atoms with Crippen molar-refractivity contribution in [2.24, 2.45) is 5.73 Å². The van der Waals surface area contributed by atoms with Crippen LogP contribution in [0.5, 0.6) is 17.2 Å². The van der Waals surface area contributed by atoms with E-state index in [1.54, 1.807) is 12.1 Å². The third kappa shape index (κ3) is 4.99. The molecule has 0 amide bonds. The fraction of sp³-hybridized carbons (Fsp3) is 0.381. The summed E-state index contributed by atoms with van der Waals surface area (Å²) in [6.07, 6.45) is 1.78. The molecule has 2 aromatic rings. The van der Waals surface area contributed by atoms with Crippen LogP contribution >= 0.6 is 0 Å². The van der Waals surface area contributed by atoms with E-state index in [2.05, 4.69) is 12.1 Å². The van der Waals surface area contributed by atoms with Gasteiger partial charge in [-0.15, -0.1) is 0 Å². The van der Waals surface area contributed by atoms with Crippen molar-refractivity contribution in [3.63, 3.8) is 0 Å². The summed E-state index contributed by atoms with van der Waals surface area (Å²) in [6, 6.07) is 13.5. The lowest BCUT2D eigenvalue weighted by atomic mass is 9.87. The predicted octanol–water partition coefficient (Wildman–Crippen LogP) is 3.64. The number of hydrogen-bond donors (Lipinski definition) is 1. The fourth-order valence-electron chi connectivity index (χ4n) is 2.87. The zero-order chi connectivity index (χ0) is 19.2. The molecule has 1 atom stereocenters. The third-order valence-corrected chi connectivity index (χ3v) is 4.38. The van der Waals surface area contributed by atoms with Crippen LogP contribution in [0.15, 0.2) is 42.5 Å². The summed E-state index contributed by atoms with van der Waals surface area (Å²) < 4.78 is 15.9. The Hall–Kier alpha value is -2.53. The number of Topliss-reactive ketones (excluding diaryl/α,β-unsaturated/α-hetero) is 1. The van der Waals surface area contributed by atoms with Crippen molar-refractivity contribution in [2.45, 2.75) is 31.7 Å². The van der Waals surface area contributed by atoms with E-state index in [4.69, 9.17) is 19.9 Å². The maximum Gasteiger partial charge on any atom is 0.203 e. The molecule has 0 saturated heterocycles. The van der Waals surface area contributed by atoms with Gasteiger partial charge in [-0.3, -0.25) is 4.79 Å². The highest BCUT2D eigenvalue weighted by molar-refractivity contribution is 5.98. The minimum atomic E-state index is -0.604. The molecule has 2 aromatic carbocycles. The molecular weight excluding hydrogens is 330 g/mol. The van der Waals surface area contributed by atoms with Crippen molar-refractivity contribution in [1.29, 1.82) is 0 Å². The molecule has 0 aliphatic rings. The van der Waals surface area contributed by atoms with Crippen molar-refractivity contribution in [1.82, 2.24) is 0 Å². The van der Waals surface area contributed by atoms with Crippen molar-refractivity contribution in [3.05, 3.63) is 53.6 Å². The molecule has 0 aliphatic heterocycles. The topological polar surface area (TPSA) is 70.8 Å². The predicted molar refractivity (Wildman–Crippen MR) is 102 cm³/mol. The Labute approximate surface area is 155 Å². The second-order valence-corrected chi connectivity index (χ2v) is 6.65. The van der Waals surface area contributed by atoms with Gasteiger partial charge in [0, 0.05) is 17.5 Å². The maximum absolute atomic E-state index is 12.8. The van der Waals surface area contributed by atoms with Crippen LogP contribution in [0, 0.1) is 0 Å². The standard InChI is InChI=1S/C21H27NO4/c1-21(22,11-10-15-8-6-5-7-9-15)14-17(23)16-12-18(24-2)20(26-4)19(13-16)25-3/h5-9,12-13H,10-11,14,22H2,1-4H3. The Kier molecular flexibility index (Phi) is 6.64. The molecule has 0 spiro atoms. The van der Waals surface area contributed by atoms with E-state index >= 15 is 0 Å². The van der Waals surface area contributed by atoms with Crippen LogP contribution < -0.4 is 19.9 Å². The van der Waals surface area contributed by atoms with Crippen LogP contribution in [0.2, 0.25) is 0 Å². The first-order chi connectivity index (χ1) is 12.4. The van der Waals surface area contributed by atoms with Gasteiger partial charge in [0.25, 0.3) is 0 Å². The minimum absolute atomic E-state index is 0.0534. The molecule has 26 heavy (non-hydrogen) atoms. The Balaban J connectivity index is 2.12. The average molecular weight is 357 g/mol. The first-order valence-corrected chi connectivity index (χ1v) is 8.56. The summed E-state index contributed by atoms with van der Waals surface area (Å²) in [5.74, 6) is 1.32. The van der Waals surface area contributed by atoms with Crippen LogP contribution in [0.3, 0.4) is 0 Å². The number of rotatable bonds is 9. The number of ketones is 1. The van der Waals surface area contributed by atoms with Crippen LogP contribution in [0.1, 0.15) is 35.7 Å². The number of methoxy groups -OCH3 is 3. The van der Waals surface area contributed by atoms with Crippen molar-refractivity contribution in [3.8, 4) is 17.2 Å². The quantitative estimate of drug-likeness (QED) is 0.694. The lowest BCUT2D eigenvalue weighted by molar-refractivity contribution is 0.0952. The number of ether oxygens (including phenoxy) is 3. The summed E-state index contributed by atoms with van der Waals surface area (Å²) in [4.78, 5) is 12.8. The van der Waals surface area contributed by atoms with Crippen molar-refractivity contribution in [2.75, 3.05) is 21.3 Å². The van der Waals surface area contributed by atoms with E-state index in [1.807, 2.05) is 25.1 Å². The van der Waals surface area contributed by atoms with E-state index in [0.717, 1.165) is 6.42 Å².